The van der Waals surface area contributed by atoms with Gasteiger partial charge in [0.15, 0.2) is 0 Å². The molecule has 0 aliphatic heterocycles. The first-order valence-electron chi connectivity index (χ1n) is 13.5. The van der Waals surface area contributed by atoms with E-state index in [1.807, 2.05) is 0 Å². The molecular formula is C26H45NO7S. The molecule has 4 fully saturated rings. The molecule has 1 amide bonds. The lowest BCUT2D eigenvalue weighted by molar-refractivity contribution is -0.207. The van der Waals surface area contributed by atoms with E-state index in [1.165, 1.54) is 0 Å². The summed E-state index contributed by atoms with van der Waals surface area (Å²) in [4.78, 5) is 12.2. The summed E-state index contributed by atoms with van der Waals surface area (Å²) in [7, 11) is -4.10. The molecule has 0 bridgehead atoms. The van der Waals surface area contributed by atoms with Crippen molar-refractivity contribution >= 4 is 16.0 Å². The van der Waals surface area contributed by atoms with E-state index in [2.05, 4.69) is 26.1 Å². The quantitative estimate of drug-likeness (QED) is 0.327. The van der Waals surface area contributed by atoms with Crippen molar-refractivity contribution in [2.45, 2.75) is 96.9 Å². The van der Waals surface area contributed by atoms with E-state index in [0.29, 0.717) is 18.8 Å². The van der Waals surface area contributed by atoms with E-state index in [0.717, 1.165) is 38.5 Å². The maximum atomic E-state index is 12.2. The lowest BCUT2D eigenvalue weighted by atomic mass is 9.43. The summed E-state index contributed by atoms with van der Waals surface area (Å²) in [5.74, 6) is 0.705. The molecule has 4 aliphatic rings. The maximum absolute atomic E-state index is 12.2. The smallest absolute Gasteiger partial charge is 0.266 e. The van der Waals surface area contributed by atoms with Crippen LogP contribution in [0.4, 0.5) is 0 Å². The number of aliphatic hydroxyl groups excluding tert-OH is 3. The molecule has 0 aromatic heterocycles. The zero-order valence-electron chi connectivity index (χ0n) is 21.4. The molecule has 0 aromatic rings. The minimum atomic E-state index is -4.10. The summed E-state index contributed by atoms with van der Waals surface area (Å²) >= 11 is 0. The summed E-state index contributed by atoms with van der Waals surface area (Å²) in [5.41, 5.74) is -0.254. The van der Waals surface area contributed by atoms with Gasteiger partial charge in [0.1, 0.15) is 0 Å². The second-order valence-corrected chi connectivity index (χ2v) is 14.2. The SMILES string of the molecule is C[C@H](CCC(=O)NCCS(=O)(=O)O)[C@H]1CC[C@@H]2[C@H]3[C@H](O)C[C@@H]4C[C@H](O)CC[C@]4(C)[C@H]3C[C@H](O)[C@@]21C. The van der Waals surface area contributed by atoms with E-state index in [4.69, 9.17) is 4.55 Å². The first-order valence-corrected chi connectivity index (χ1v) is 15.1. The van der Waals surface area contributed by atoms with Crippen LogP contribution in [-0.2, 0) is 14.9 Å². The van der Waals surface area contributed by atoms with Gasteiger partial charge in [0.2, 0.25) is 5.91 Å². The fourth-order valence-electron chi connectivity index (χ4n) is 9.10. The topological polar surface area (TPSA) is 144 Å². The van der Waals surface area contributed by atoms with Gasteiger partial charge in [0.25, 0.3) is 10.1 Å². The van der Waals surface area contributed by atoms with Crippen molar-refractivity contribution in [3.63, 3.8) is 0 Å². The number of hydrogen-bond donors (Lipinski definition) is 5. The average Bonchev–Trinajstić information content (AvgIpc) is 3.12. The summed E-state index contributed by atoms with van der Waals surface area (Å²) in [6, 6.07) is 0. The van der Waals surface area contributed by atoms with Crippen molar-refractivity contribution in [1.29, 1.82) is 0 Å². The second-order valence-electron chi connectivity index (χ2n) is 12.7. The van der Waals surface area contributed by atoms with Crippen molar-refractivity contribution in [3.05, 3.63) is 0 Å². The van der Waals surface area contributed by atoms with Crippen molar-refractivity contribution in [2.75, 3.05) is 12.3 Å². The number of aliphatic hydroxyl groups is 3. The molecule has 0 spiro atoms. The first-order chi connectivity index (χ1) is 16.3. The fourth-order valence-corrected chi connectivity index (χ4v) is 9.46. The van der Waals surface area contributed by atoms with Crippen LogP contribution in [0.1, 0.15) is 78.6 Å². The van der Waals surface area contributed by atoms with Gasteiger partial charge in [-0.25, -0.2) is 0 Å². The first kappa shape index (κ1) is 27.3. The molecule has 0 radical (unpaired) electrons. The number of fused-ring (bicyclic) bond motifs is 5. The monoisotopic (exact) mass is 515 g/mol. The Bertz CT molecular complexity index is 896. The number of carbonyl (C=O) groups is 1. The predicted octanol–water partition coefficient (Wildman–Crippen LogP) is 2.37. The van der Waals surface area contributed by atoms with E-state index < -0.39 is 28.1 Å². The molecule has 35 heavy (non-hydrogen) atoms. The normalized spacial score (nSPS) is 46.3. The van der Waals surface area contributed by atoms with Crippen LogP contribution in [0, 0.1) is 46.3 Å². The van der Waals surface area contributed by atoms with Crippen LogP contribution >= 0.6 is 0 Å². The van der Waals surface area contributed by atoms with Gasteiger partial charge in [0.05, 0.1) is 24.1 Å². The standard InChI is InChI=1S/C26H45NO7S/c1-15(4-7-23(31)27-10-11-35(32,33)34)18-5-6-19-24-20(14-22(30)26(18,19)3)25(2)9-8-17(28)12-16(25)13-21(24)29/h15-22,24,28-30H,4-14H2,1-3H3,(H,27,31)(H,32,33,34)/t15-,16+,17-,18-,19-,20+,21-,22+,24-,25+,26-/m1/s1. The number of hydrogen-bond acceptors (Lipinski definition) is 6. The van der Waals surface area contributed by atoms with Gasteiger partial charge in [-0.3, -0.25) is 9.35 Å². The van der Waals surface area contributed by atoms with E-state index in [1.54, 1.807) is 0 Å². The third-order valence-corrected chi connectivity index (χ3v) is 11.7. The van der Waals surface area contributed by atoms with Gasteiger partial charge in [-0.2, -0.15) is 8.42 Å². The molecule has 4 aliphatic carbocycles. The zero-order chi connectivity index (χ0) is 25.8. The summed E-state index contributed by atoms with van der Waals surface area (Å²) in [5, 5.41) is 35.8. The molecule has 5 N–H and O–H groups in total. The van der Waals surface area contributed by atoms with Gasteiger partial charge >= 0.3 is 0 Å². The van der Waals surface area contributed by atoms with Crippen LogP contribution in [0.3, 0.4) is 0 Å². The zero-order valence-corrected chi connectivity index (χ0v) is 22.2. The highest BCUT2D eigenvalue weighted by molar-refractivity contribution is 7.85. The number of amides is 1. The van der Waals surface area contributed by atoms with Crippen molar-refractivity contribution in [2.24, 2.45) is 46.3 Å². The van der Waals surface area contributed by atoms with Crippen molar-refractivity contribution in [1.82, 2.24) is 5.32 Å². The van der Waals surface area contributed by atoms with Gasteiger partial charge in [-0.05, 0) is 97.7 Å². The predicted molar refractivity (Wildman–Crippen MR) is 132 cm³/mol. The molecule has 0 saturated heterocycles. The highest BCUT2D eigenvalue weighted by Crippen LogP contribution is 2.68. The molecule has 11 atom stereocenters. The molecule has 9 heteroatoms. The van der Waals surface area contributed by atoms with Gasteiger partial charge in [-0.1, -0.05) is 20.8 Å². The summed E-state index contributed by atoms with van der Waals surface area (Å²) < 4.78 is 30.5. The lowest BCUT2D eigenvalue weighted by Gasteiger charge is -2.63. The minimum absolute atomic E-state index is 0.0509. The largest absolute Gasteiger partial charge is 0.393 e. The number of nitrogens with one attached hydrogen (secondary N) is 1. The summed E-state index contributed by atoms with van der Waals surface area (Å²) in [6.07, 6.45) is 5.67. The van der Waals surface area contributed by atoms with E-state index in [9.17, 15) is 28.5 Å². The Morgan fingerprint density at radius 2 is 1.77 bits per heavy atom. The second kappa shape index (κ2) is 9.86. The third kappa shape index (κ3) is 5.05. The molecule has 0 unspecified atom stereocenters. The molecule has 4 saturated carbocycles. The highest BCUT2D eigenvalue weighted by Gasteiger charge is 2.65. The van der Waals surface area contributed by atoms with E-state index >= 15 is 0 Å². The molecular weight excluding hydrogens is 470 g/mol. The van der Waals surface area contributed by atoms with Crippen LogP contribution in [0.2, 0.25) is 0 Å². The minimum Gasteiger partial charge on any atom is -0.393 e. The van der Waals surface area contributed by atoms with Crippen LogP contribution in [-0.4, -0.2) is 64.8 Å². The Kier molecular flexibility index (Phi) is 7.69. The van der Waals surface area contributed by atoms with E-state index in [-0.39, 0.29) is 65.4 Å². The Balaban J connectivity index is 1.43. The van der Waals surface area contributed by atoms with Crippen molar-refractivity contribution < 1.29 is 33.1 Å². The van der Waals surface area contributed by atoms with Gasteiger partial charge in [-0.15, -0.1) is 0 Å². The molecule has 4 rings (SSSR count). The Morgan fingerprint density at radius 3 is 2.46 bits per heavy atom. The van der Waals surface area contributed by atoms with Gasteiger partial charge < -0.3 is 20.6 Å². The highest BCUT2D eigenvalue weighted by atomic mass is 32.2. The average molecular weight is 516 g/mol. The van der Waals surface area contributed by atoms with Crippen LogP contribution in [0.5, 0.6) is 0 Å². The molecule has 0 aromatic carbocycles. The maximum Gasteiger partial charge on any atom is 0.266 e. The molecule has 8 nitrogen and oxygen atoms in total. The van der Waals surface area contributed by atoms with Crippen LogP contribution < -0.4 is 5.32 Å². The third-order valence-electron chi connectivity index (χ3n) is 11.0. The summed E-state index contributed by atoms with van der Waals surface area (Å²) in [6.45, 7) is 6.56. The van der Waals surface area contributed by atoms with Crippen LogP contribution in [0.25, 0.3) is 0 Å². The Labute approximate surface area is 210 Å². The Hall–Kier alpha value is -0.740. The lowest BCUT2D eigenvalue weighted by Crippen LogP contribution is -2.62. The van der Waals surface area contributed by atoms with Gasteiger partial charge in [0, 0.05) is 13.0 Å². The van der Waals surface area contributed by atoms with Crippen molar-refractivity contribution in [3.8, 4) is 0 Å². The number of carbonyl (C=O) groups excluding carboxylic acids is 1. The van der Waals surface area contributed by atoms with Crippen LogP contribution in [0.15, 0.2) is 0 Å². The number of rotatable bonds is 7. The molecule has 202 valence electrons. The Morgan fingerprint density at radius 1 is 1.06 bits per heavy atom. The molecule has 0 heterocycles. The fraction of sp³-hybridized carbons (Fsp3) is 0.962.